The Balaban J connectivity index is 1.51. The number of rotatable bonds is 7. The lowest BCUT2D eigenvalue weighted by Gasteiger charge is -2.24. The molecule has 0 radical (unpaired) electrons. The fourth-order valence-corrected chi connectivity index (χ4v) is 3.51. The molecule has 0 aromatic heterocycles. The van der Waals surface area contributed by atoms with Crippen molar-refractivity contribution in [3.8, 4) is 0 Å². The van der Waals surface area contributed by atoms with E-state index in [0.717, 1.165) is 31.1 Å². The van der Waals surface area contributed by atoms with Crippen LogP contribution in [-0.4, -0.2) is 47.9 Å². The first-order valence-electron chi connectivity index (χ1n) is 9.40. The summed E-state index contributed by atoms with van der Waals surface area (Å²) in [4.78, 5) is 27.5. The first-order valence-corrected chi connectivity index (χ1v) is 9.40. The van der Waals surface area contributed by atoms with Gasteiger partial charge in [-0.15, -0.1) is 0 Å². The average Bonchev–Trinajstić information content (AvgIpc) is 3.33. The van der Waals surface area contributed by atoms with Gasteiger partial charge in [-0.05, 0) is 30.7 Å². The van der Waals surface area contributed by atoms with Gasteiger partial charge in [0.25, 0.3) is 0 Å². The summed E-state index contributed by atoms with van der Waals surface area (Å²) >= 11 is 0. The molecule has 3 rings (SSSR count). The Bertz CT molecular complexity index is 598. The van der Waals surface area contributed by atoms with Crippen LogP contribution in [0.15, 0.2) is 30.3 Å². The molecule has 1 saturated carbocycles. The second-order valence-electron chi connectivity index (χ2n) is 7.67. The highest BCUT2D eigenvalue weighted by Gasteiger charge is 2.35. The summed E-state index contributed by atoms with van der Waals surface area (Å²) in [5.41, 5.74) is 0.957. The molecule has 1 saturated heterocycles. The summed E-state index contributed by atoms with van der Waals surface area (Å²) in [6, 6.07) is 10.1. The number of carbonyl (C=O) groups excluding carboxylic acids is 2. The molecule has 1 aromatic rings. The number of nitrogens with one attached hydrogen (secondary N) is 2. The molecule has 5 heteroatoms. The van der Waals surface area contributed by atoms with E-state index >= 15 is 0 Å². The highest BCUT2D eigenvalue weighted by atomic mass is 16.2. The minimum absolute atomic E-state index is 0.0562. The van der Waals surface area contributed by atoms with E-state index in [9.17, 15) is 9.59 Å². The van der Waals surface area contributed by atoms with Crippen LogP contribution < -0.4 is 10.6 Å². The third-order valence-corrected chi connectivity index (χ3v) is 5.10. The van der Waals surface area contributed by atoms with E-state index in [2.05, 4.69) is 15.5 Å². The number of carbonyl (C=O) groups is 2. The van der Waals surface area contributed by atoms with E-state index in [1.807, 2.05) is 44.2 Å². The lowest BCUT2D eigenvalue weighted by Crippen LogP contribution is -2.52. The molecule has 136 valence electrons. The van der Waals surface area contributed by atoms with Crippen LogP contribution in [0.5, 0.6) is 0 Å². The lowest BCUT2D eigenvalue weighted by molar-refractivity contribution is -0.130. The third kappa shape index (κ3) is 5.05. The highest BCUT2D eigenvalue weighted by Crippen LogP contribution is 2.29. The summed E-state index contributed by atoms with van der Waals surface area (Å²) in [7, 11) is 0. The molecule has 2 fully saturated rings. The minimum atomic E-state index is -0.480. The van der Waals surface area contributed by atoms with Crippen molar-refractivity contribution in [2.45, 2.75) is 57.7 Å². The van der Waals surface area contributed by atoms with Crippen molar-refractivity contribution in [3.63, 3.8) is 0 Å². The highest BCUT2D eigenvalue weighted by molar-refractivity contribution is 5.88. The molecule has 2 amide bonds. The second-order valence-corrected chi connectivity index (χ2v) is 7.67. The molecule has 1 aromatic carbocycles. The van der Waals surface area contributed by atoms with Gasteiger partial charge in [-0.2, -0.15) is 0 Å². The van der Waals surface area contributed by atoms with Gasteiger partial charge in [0, 0.05) is 25.2 Å². The molecule has 0 bridgehead atoms. The van der Waals surface area contributed by atoms with Crippen LogP contribution in [0.25, 0.3) is 0 Å². The summed E-state index contributed by atoms with van der Waals surface area (Å²) < 4.78 is 0. The molecule has 0 spiro atoms. The molecule has 1 aliphatic carbocycles. The molecular weight excluding hydrogens is 314 g/mol. The van der Waals surface area contributed by atoms with Crippen molar-refractivity contribution >= 4 is 11.8 Å². The van der Waals surface area contributed by atoms with Gasteiger partial charge in [0.05, 0.1) is 6.42 Å². The van der Waals surface area contributed by atoms with Gasteiger partial charge in [0.15, 0.2) is 0 Å². The van der Waals surface area contributed by atoms with Gasteiger partial charge in [-0.3, -0.25) is 14.5 Å². The van der Waals surface area contributed by atoms with Crippen LogP contribution >= 0.6 is 0 Å². The van der Waals surface area contributed by atoms with E-state index in [1.165, 1.54) is 12.8 Å². The molecule has 2 N–H and O–H groups in total. The molecule has 2 atom stereocenters. The van der Waals surface area contributed by atoms with E-state index in [0.29, 0.717) is 6.42 Å². The van der Waals surface area contributed by atoms with Crippen LogP contribution in [0.3, 0.4) is 0 Å². The van der Waals surface area contributed by atoms with E-state index in [1.54, 1.807) is 0 Å². The fourth-order valence-electron chi connectivity index (χ4n) is 3.51. The second kappa shape index (κ2) is 8.00. The van der Waals surface area contributed by atoms with Gasteiger partial charge in [0.2, 0.25) is 11.8 Å². The standard InChI is InChI=1S/C20H29N3O2/c1-14(2)19(22-18(24)12-15-6-4-3-5-7-15)20(25)21-16-10-11-23(13-16)17-8-9-17/h3-7,14,16-17,19H,8-13H2,1-2H3,(H,21,25)(H,22,24)/t16-,19-/m1/s1. The number of amides is 2. The largest absolute Gasteiger partial charge is 0.350 e. The zero-order chi connectivity index (χ0) is 17.8. The maximum Gasteiger partial charge on any atom is 0.243 e. The van der Waals surface area contributed by atoms with E-state index < -0.39 is 6.04 Å². The lowest BCUT2D eigenvalue weighted by atomic mass is 10.0. The predicted octanol–water partition coefficient (Wildman–Crippen LogP) is 1.72. The fraction of sp³-hybridized carbons (Fsp3) is 0.600. The van der Waals surface area contributed by atoms with Gasteiger partial charge in [-0.25, -0.2) is 0 Å². The maximum absolute atomic E-state index is 12.7. The Morgan fingerprint density at radius 3 is 2.52 bits per heavy atom. The van der Waals surface area contributed by atoms with Crippen molar-refractivity contribution < 1.29 is 9.59 Å². The van der Waals surface area contributed by atoms with E-state index in [4.69, 9.17) is 0 Å². The van der Waals surface area contributed by atoms with Gasteiger partial charge >= 0.3 is 0 Å². The number of nitrogens with zero attached hydrogens (tertiary/aromatic N) is 1. The first kappa shape index (κ1) is 17.9. The Morgan fingerprint density at radius 2 is 1.88 bits per heavy atom. The van der Waals surface area contributed by atoms with Crippen molar-refractivity contribution in [2.24, 2.45) is 5.92 Å². The molecular formula is C20H29N3O2. The Morgan fingerprint density at radius 1 is 1.16 bits per heavy atom. The number of likely N-dealkylation sites (tertiary alicyclic amines) is 1. The smallest absolute Gasteiger partial charge is 0.243 e. The quantitative estimate of drug-likeness (QED) is 0.792. The summed E-state index contributed by atoms with van der Waals surface area (Å²) in [6.07, 6.45) is 3.90. The van der Waals surface area contributed by atoms with Crippen LogP contribution in [-0.2, 0) is 16.0 Å². The van der Waals surface area contributed by atoms with E-state index in [-0.39, 0.29) is 23.8 Å². The molecule has 25 heavy (non-hydrogen) atoms. The summed E-state index contributed by atoms with van der Waals surface area (Å²) in [6.45, 7) is 5.96. The zero-order valence-corrected chi connectivity index (χ0v) is 15.2. The van der Waals surface area contributed by atoms with Gasteiger partial charge in [-0.1, -0.05) is 44.2 Å². The van der Waals surface area contributed by atoms with Crippen molar-refractivity contribution in [2.75, 3.05) is 13.1 Å². The Kier molecular flexibility index (Phi) is 5.74. The average molecular weight is 343 g/mol. The predicted molar refractivity (Wildman–Crippen MR) is 98.1 cm³/mol. The molecule has 1 heterocycles. The monoisotopic (exact) mass is 343 g/mol. The van der Waals surface area contributed by atoms with Crippen molar-refractivity contribution in [1.29, 1.82) is 0 Å². The van der Waals surface area contributed by atoms with Crippen LogP contribution in [0.1, 0.15) is 38.7 Å². The summed E-state index contributed by atoms with van der Waals surface area (Å²) in [5, 5.41) is 6.07. The molecule has 1 aliphatic heterocycles. The number of benzene rings is 1. The van der Waals surface area contributed by atoms with Crippen molar-refractivity contribution in [3.05, 3.63) is 35.9 Å². The third-order valence-electron chi connectivity index (χ3n) is 5.10. The van der Waals surface area contributed by atoms with Crippen molar-refractivity contribution in [1.82, 2.24) is 15.5 Å². The van der Waals surface area contributed by atoms with Gasteiger partial charge in [0.1, 0.15) is 6.04 Å². The molecule has 5 nitrogen and oxygen atoms in total. The molecule has 0 unspecified atom stereocenters. The number of hydrogen-bond donors (Lipinski definition) is 2. The zero-order valence-electron chi connectivity index (χ0n) is 15.2. The molecule has 2 aliphatic rings. The normalized spacial score (nSPS) is 22.0. The van der Waals surface area contributed by atoms with Crippen LogP contribution in [0.4, 0.5) is 0 Å². The topological polar surface area (TPSA) is 61.4 Å². The van der Waals surface area contributed by atoms with Crippen LogP contribution in [0, 0.1) is 5.92 Å². The Labute approximate surface area is 150 Å². The van der Waals surface area contributed by atoms with Gasteiger partial charge < -0.3 is 10.6 Å². The minimum Gasteiger partial charge on any atom is -0.350 e. The Hall–Kier alpha value is -1.88. The number of hydrogen-bond acceptors (Lipinski definition) is 3. The van der Waals surface area contributed by atoms with Crippen LogP contribution in [0.2, 0.25) is 0 Å². The first-order chi connectivity index (χ1) is 12.0. The maximum atomic E-state index is 12.7. The summed E-state index contributed by atoms with van der Waals surface area (Å²) in [5.74, 6) is -0.106. The SMILES string of the molecule is CC(C)[C@@H](NC(=O)Cc1ccccc1)C(=O)N[C@@H]1CCN(C2CC2)C1.